The minimum absolute atomic E-state index is 0.780. The van der Waals surface area contributed by atoms with Crippen molar-refractivity contribution in [1.82, 2.24) is 0 Å². The molecular weight excluding hydrogens is 132 g/mol. The second-order valence-corrected chi connectivity index (χ2v) is 2.66. The van der Waals surface area contributed by atoms with Crippen LogP contribution in [0.5, 0.6) is 0 Å². The summed E-state index contributed by atoms with van der Waals surface area (Å²) in [6.45, 7) is 1.91. The molecule has 0 amide bonds. The molecule has 0 aliphatic rings. The van der Waals surface area contributed by atoms with Crippen molar-refractivity contribution in [2.24, 2.45) is 0 Å². The van der Waals surface area contributed by atoms with Crippen LogP contribution in [0.3, 0.4) is 0 Å². The topological polar surface area (TPSA) is 13.1 Å². The Morgan fingerprint density at radius 1 is 1.78 bits per heavy atom. The molecule has 1 nitrogen and oxygen atoms in total. The maximum atomic E-state index is 5.06. The fourth-order valence-electron chi connectivity index (χ4n) is 0.659. The molecule has 0 aliphatic carbocycles. The zero-order valence-corrected chi connectivity index (χ0v) is 6.07. The molecule has 0 aliphatic heterocycles. The third-order valence-corrected chi connectivity index (χ3v) is 1.15. The van der Waals surface area contributed by atoms with Crippen LogP contribution in [0.25, 0.3) is 0 Å². The molecule has 2 heteroatoms. The Hall–Kier alpha value is -0.630. The summed E-state index contributed by atoms with van der Waals surface area (Å²) in [5, 5.41) is 0. The molecule has 0 unspecified atom stereocenters. The van der Waals surface area contributed by atoms with Crippen molar-refractivity contribution in [2.75, 3.05) is 0 Å². The second kappa shape index (κ2) is 2.78. The first-order valence-corrected chi connectivity index (χ1v) is 3.21. The number of thiocarbonyl (C=S) groups is 1. The predicted molar refractivity (Wildman–Crippen MR) is 40.7 cm³/mol. The molecule has 1 aromatic heterocycles. The van der Waals surface area contributed by atoms with Gasteiger partial charge in [-0.15, -0.1) is 0 Å². The van der Waals surface area contributed by atoms with Gasteiger partial charge in [0.1, 0.15) is 5.76 Å². The van der Waals surface area contributed by atoms with Gasteiger partial charge in [0, 0.05) is 6.42 Å². The van der Waals surface area contributed by atoms with E-state index < -0.39 is 0 Å². The van der Waals surface area contributed by atoms with E-state index in [0.717, 1.165) is 17.0 Å². The van der Waals surface area contributed by atoms with E-state index >= 15 is 0 Å². The van der Waals surface area contributed by atoms with Gasteiger partial charge in [-0.1, -0.05) is 12.2 Å². The van der Waals surface area contributed by atoms with Gasteiger partial charge in [-0.05, 0) is 23.9 Å². The van der Waals surface area contributed by atoms with Crippen molar-refractivity contribution < 1.29 is 4.42 Å². The molecular formula is C7H8OS. The van der Waals surface area contributed by atoms with Crippen LogP contribution in [0, 0.1) is 0 Å². The lowest BCUT2D eigenvalue weighted by Gasteiger charge is -1.89. The van der Waals surface area contributed by atoms with E-state index in [-0.39, 0.29) is 0 Å². The molecule has 9 heavy (non-hydrogen) atoms. The standard InChI is InChI=1S/C7H8OS/c1-6(9)5-7-3-2-4-8-7/h2-4H,5H2,1H3. The summed E-state index contributed by atoms with van der Waals surface area (Å²) in [6.07, 6.45) is 2.44. The molecule has 0 spiro atoms. The molecule has 0 fully saturated rings. The van der Waals surface area contributed by atoms with Crippen molar-refractivity contribution >= 4 is 17.1 Å². The zero-order valence-electron chi connectivity index (χ0n) is 5.26. The Morgan fingerprint density at radius 2 is 2.56 bits per heavy atom. The van der Waals surface area contributed by atoms with Gasteiger partial charge < -0.3 is 4.42 Å². The Bertz CT molecular complexity index is 189. The van der Waals surface area contributed by atoms with E-state index in [1.807, 2.05) is 19.1 Å². The normalized spacial score (nSPS) is 9.44. The lowest BCUT2D eigenvalue weighted by atomic mass is 10.3. The van der Waals surface area contributed by atoms with Gasteiger partial charge in [0.05, 0.1) is 6.26 Å². The summed E-state index contributed by atoms with van der Waals surface area (Å²) >= 11 is 4.88. The average molecular weight is 140 g/mol. The van der Waals surface area contributed by atoms with Crippen LogP contribution in [-0.2, 0) is 6.42 Å². The van der Waals surface area contributed by atoms with E-state index in [2.05, 4.69) is 0 Å². The van der Waals surface area contributed by atoms with Crippen molar-refractivity contribution in [2.45, 2.75) is 13.3 Å². The van der Waals surface area contributed by atoms with Crippen LogP contribution < -0.4 is 0 Å². The average Bonchev–Trinajstić information content (AvgIpc) is 2.15. The largest absolute Gasteiger partial charge is 0.469 e. The quantitative estimate of drug-likeness (QED) is 0.584. The molecule has 48 valence electrons. The van der Waals surface area contributed by atoms with E-state index in [0.29, 0.717) is 0 Å². The maximum absolute atomic E-state index is 5.06. The van der Waals surface area contributed by atoms with Crippen LogP contribution in [0.15, 0.2) is 22.8 Å². The van der Waals surface area contributed by atoms with E-state index in [1.54, 1.807) is 6.26 Å². The van der Waals surface area contributed by atoms with E-state index in [1.165, 1.54) is 0 Å². The van der Waals surface area contributed by atoms with Crippen LogP contribution in [0.1, 0.15) is 12.7 Å². The third-order valence-electron chi connectivity index (χ3n) is 1.00. The highest BCUT2D eigenvalue weighted by atomic mass is 32.1. The van der Waals surface area contributed by atoms with Gasteiger partial charge in [0.25, 0.3) is 0 Å². The molecule has 1 aromatic rings. The van der Waals surface area contributed by atoms with Gasteiger partial charge in [-0.2, -0.15) is 0 Å². The second-order valence-electron chi connectivity index (χ2n) is 1.96. The highest BCUT2D eigenvalue weighted by Gasteiger charge is 1.94. The lowest BCUT2D eigenvalue weighted by Crippen LogP contribution is -1.89. The highest BCUT2D eigenvalue weighted by molar-refractivity contribution is 7.80. The van der Waals surface area contributed by atoms with Crippen molar-refractivity contribution in [1.29, 1.82) is 0 Å². The molecule has 0 N–H and O–H groups in total. The first-order chi connectivity index (χ1) is 4.29. The van der Waals surface area contributed by atoms with Gasteiger partial charge in [-0.25, -0.2) is 0 Å². The number of rotatable bonds is 2. The lowest BCUT2D eigenvalue weighted by molar-refractivity contribution is 0.527. The van der Waals surface area contributed by atoms with Crippen molar-refractivity contribution in [3.8, 4) is 0 Å². The maximum Gasteiger partial charge on any atom is 0.108 e. The Labute approximate surface area is 59.7 Å². The van der Waals surface area contributed by atoms with Gasteiger partial charge in [0.15, 0.2) is 0 Å². The summed E-state index contributed by atoms with van der Waals surface area (Å²) < 4.78 is 5.06. The summed E-state index contributed by atoms with van der Waals surface area (Å²) in [4.78, 5) is 0.963. The summed E-state index contributed by atoms with van der Waals surface area (Å²) in [6, 6.07) is 3.80. The molecule has 0 aromatic carbocycles. The molecule has 0 bridgehead atoms. The fraction of sp³-hybridized carbons (Fsp3) is 0.286. The molecule has 1 rings (SSSR count). The number of hydrogen-bond acceptors (Lipinski definition) is 2. The minimum atomic E-state index is 0.780. The molecule has 0 saturated heterocycles. The third kappa shape index (κ3) is 1.98. The Kier molecular flexibility index (Phi) is 2.01. The first kappa shape index (κ1) is 6.49. The van der Waals surface area contributed by atoms with Gasteiger partial charge in [-0.3, -0.25) is 0 Å². The smallest absolute Gasteiger partial charge is 0.108 e. The van der Waals surface area contributed by atoms with E-state index in [4.69, 9.17) is 16.6 Å². The van der Waals surface area contributed by atoms with Crippen LogP contribution in [0.2, 0.25) is 0 Å². The molecule has 0 radical (unpaired) electrons. The van der Waals surface area contributed by atoms with Gasteiger partial charge in [0.2, 0.25) is 0 Å². The summed E-state index contributed by atoms with van der Waals surface area (Å²) in [7, 11) is 0. The molecule has 1 heterocycles. The van der Waals surface area contributed by atoms with Crippen LogP contribution in [0.4, 0.5) is 0 Å². The zero-order chi connectivity index (χ0) is 6.69. The monoisotopic (exact) mass is 140 g/mol. The van der Waals surface area contributed by atoms with Crippen molar-refractivity contribution in [3.63, 3.8) is 0 Å². The van der Waals surface area contributed by atoms with E-state index in [9.17, 15) is 0 Å². The SMILES string of the molecule is CC(=S)Cc1ccco1. The highest BCUT2D eigenvalue weighted by Crippen LogP contribution is 2.01. The predicted octanol–water partition coefficient (Wildman–Crippen LogP) is 2.21. The Balaban J connectivity index is 2.58. The summed E-state index contributed by atoms with van der Waals surface area (Å²) in [5.41, 5.74) is 0. The van der Waals surface area contributed by atoms with Gasteiger partial charge >= 0.3 is 0 Å². The van der Waals surface area contributed by atoms with Crippen LogP contribution >= 0.6 is 12.2 Å². The summed E-state index contributed by atoms with van der Waals surface area (Å²) in [5.74, 6) is 0.947. The Morgan fingerprint density at radius 3 is 3.00 bits per heavy atom. The minimum Gasteiger partial charge on any atom is -0.469 e. The number of furan rings is 1. The van der Waals surface area contributed by atoms with Crippen LogP contribution in [-0.4, -0.2) is 4.86 Å². The molecule has 0 atom stereocenters. The van der Waals surface area contributed by atoms with Crippen molar-refractivity contribution in [3.05, 3.63) is 24.2 Å². The molecule has 0 saturated carbocycles. The first-order valence-electron chi connectivity index (χ1n) is 2.81. The fourth-order valence-corrected chi connectivity index (χ4v) is 0.801. The number of hydrogen-bond donors (Lipinski definition) is 0.